The van der Waals surface area contributed by atoms with Gasteiger partial charge < -0.3 is 10.5 Å². The Morgan fingerprint density at radius 2 is 2.13 bits per heavy atom. The number of nitrogens with zero attached hydrogens (tertiary/aromatic N) is 1. The Balaban J connectivity index is 2.16. The van der Waals surface area contributed by atoms with Gasteiger partial charge in [-0.15, -0.1) is 0 Å². The predicted molar refractivity (Wildman–Crippen MR) is 61.7 cm³/mol. The Labute approximate surface area is 89.3 Å². The molecule has 78 valence electrons. The van der Waals surface area contributed by atoms with Crippen LogP contribution in [0.5, 0.6) is 0 Å². The minimum Gasteiger partial charge on any atom is -0.398 e. The molecule has 1 heterocycles. The fourth-order valence-corrected chi connectivity index (χ4v) is 1.46. The first-order valence-corrected chi connectivity index (χ1v) is 5.00. The summed E-state index contributed by atoms with van der Waals surface area (Å²) in [7, 11) is 0. The van der Waals surface area contributed by atoms with Gasteiger partial charge in [-0.3, -0.25) is 4.99 Å². The van der Waals surface area contributed by atoms with Gasteiger partial charge in [-0.1, -0.05) is 30.3 Å². The van der Waals surface area contributed by atoms with Gasteiger partial charge in [0, 0.05) is 5.70 Å². The molecular weight excluding hydrogens is 188 g/mol. The predicted octanol–water partition coefficient (Wildman–Crippen LogP) is 1.46. The fourth-order valence-electron chi connectivity index (χ4n) is 1.46. The fraction of sp³-hybridized carbons (Fsp3) is 0.250. The van der Waals surface area contributed by atoms with Crippen LogP contribution >= 0.6 is 0 Å². The van der Waals surface area contributed by atoms with E-state index in [1.165, 1.54) is 0 Å². The Morgan fingerprint density at radius 1 is 1.33 bits per heavy atom. The normalized spacial score (nSPS) is 17.3. The lowest BCUT2D eigenvalue weighted by Crippen LogP contribution is -2.17. The summed E-state index contributed by atoms with van der Waals surface area (Å²) < 4.78 is 5.29. The zero-order valence-electron chi connectivity index (χ0n) is 8.52. The van der Waals surface area contributed by atoms with E-state index in [0.717, 1.165) is 23.5 Å². The summed E-state index contributed by atoms with van der Waals surface area (Å²) in [5, 5.41) is 0. The van der Waals surface area contributed by atoms with Gasteiger partial charge in [0.05, 0.1) is 25.5 Å². The van der Waals surface area contributed by atoms with E-state index >= 15 is 0 Å². The molecule has 0 spiro atoms. The van der Waals surface area contributed by atoms with Crippen LogP contribution in [0.25, 0.3) is 5.70 Å². The Kier molecular flexibility index (Phi) is 3.15. The monoisotopic (exact) mass is 202 g/mol. The number of ether oxygens (including phenoxy) is 1. The third-order valence-corrected chi connectivity index (χ3v) is 2.23. The van der Waals surface area contributed by atoms with E-state index in [1.807, 2.05) is 36.4 Å². The van der Waals surface area contributed by atoms with Crippen LogP contribution in [0.15, 0.2) is 41.4 Å². The first kappa shape index (κ1) is 9.93. The molecule has 2 N–H and O–H groups in total. The van der Waals surface area contributed by atoms with Crippen molar-refractivity contribution in [3.05, 3.63) is 42.0 Å². The van der Waals surface area contributed by atoms with Crippen LogP contribution in [-0.4, -0.2) is 25.5 Å². The SMILES string of the molecule is N/C(=C\C1=NCCOC1)c1ccccc1. The molecule has 0 aromatic heterocycles. The van der Waals surface area contributed by atoms with Crippen molar-refractivity contribution in [2.75, 3.05) is 19.8 Å². The third kappa shape index (κ3) is 2.67. The van der Waals surface area contributed by atoms with Crippen molar-refractivity contribution in [3.63, 3.8) is 0 Å². The van der Waals surface area contributed by atoms with E-state index < -0.39 is 0 Å². The van der Waals surface area contributed by atoms with Crippen molar-refractivity contribution in [3.8, 4) is 0 Å². The molecule has 0 saturated heterocycles. The summed E-state index contributed by atoms with van der Waals surface area (Å²) in [6.45, 7) is 2.00. The molecule has 0 radical (unpaired) electrons. The van der Waals surface area contributed by atoms with E-state index in [1.54, 1.807) is 0 Å². The molecule has 0 fully saturated rings. The zero-order chi connectivity index (χ0) is 10.5. The van der Waals surface area contributed by atoms with Gasteiger partial charge in [0.1, 0.15) is 0 Å². The van der Waals surface area contributed by atoms with E-state index in [-0.39, 0.29) is 0 Å². The Hall–Kier alpha value is -1.61. The highest BCUT2D eigenvalue weighted by atomic mass is 16.5. The van der Waals surface area contributed by atoms with Crippen LogP contribution in [0.1, 0.15) is 5.56 Å². The number of hydrogen-bond donors (Lipinski definition) is 1. The summed E-state index contributed by atoms with van der Waals surface area (Å²) in [5.41, 5.74) is 8.62. The average Bonchev–Trinajstić information content (AvgIpc) is 2.31. The van der Waals surface area contributed by atoms with Crippen molar-refractivity contribution < 1.29 is 4.74 Å². The summed E-state index contributed by atoms with van der Waals surface area (Å²) in [5.74, 6) is 0. The maximum atomic E-state index is 5.95. The highest BCUT2D eigenvalue weighted by molar-refractivity contribution is 6.01. The summed E-state index contributed by atoms with van der Waals surface area (Å²) in [6.07, 6.45) is 1.88. The van der Waals surface area contributed by atoms with Crippen LogP contribution in [0, 0.1) is 0 Å². The van der Waals surface area contributed by atoms with Crippen molar-refractivity contribution in [1.82, 2.24) is 0 Å². The van der Waals surface area contributed by atoms with Crippen molar-refractivity contribution >= 4 is 11.4 Å². The van der Waals surface area contributed by atoms with Gasteiger partial charge in [-0.25, -0.2) is 0 Å². The van der Waals surface area contributed by atoms with Gasteiger partial charge in [0.25, 0.3) is 0 Å². The van der Waals surface area contributed by atoms with Gasteiger partial charge in [0.15, 0.2) is 0 Å². The first-order chi connectivity index (χ1) is 7.36. The van der Waals surface area contributed by atoms with Crippen LogP contribution in [0.2, 0.25) is 0 Å². The maximum Gasteiger partial charge on any atom is 0.0885 e. The lowest BCUT2D eigenvalue weighted by atomic mass is 10.1. The number of hydrogen-bond acceptors (Lipinski definition) is 3. The highest BCUT2D eigenvalue weighted by Crippen LogP contribution is 2.08. The van der Waals surface area contributed by atoms with Gasteiger partial charge in [-0.05, 0) is 11.6 Å². The van der Waals surface area contributed by atoms with E-state index in [4.69, 9.17) is 10.5 Å². The van der Waals surface area contributed by atoms with Crippen molar-refractivity contribution in [2.45, 2.75) is 0 Å². The lowest BCUT2D eigenvalue weighted by Gasteiger charge is -2.10. The molecule has 1 aliphatic heterocycles. The third-order valence-electron chi connectivity index (χ3n) is 2.23. The zero-order valence-corrected chi connectivity index (χ0v) is 8.52. The van der Waals surface area contributed by atoms with E-state index in [0.29, 0.717) is 13.2 Å². The number of benzene rings is 1. The van der Waals surface area contributed by atoms with Crippen LogP contribution in [0.4, 0.5) is 0 Å². The molecule has 3 heteroatoms. The smallest absolute Gasteiger partial charge is 0.0885 e. The standard InChI is InChI=1S/C12H14N2O/c13-12(10-4-2-1-3-5-10)8-11-9-15-7-6-14-11/h1-5,8H,6-7,9,13H2/b12-8-. The van der Waals surface area contributed by atoms with Crippen LogP contribution in [-0.2, 0) is 4.74 Å². The molecule has 1 aromatic carbocycles. The molecular formula is C12H14N2O. The molecule has 0 aliphatic carbocycles. The molecule has 0 bridgehead atoms. The molecule has 0 unspecified atom stereocenters. The summed E-state index contributed by atoms with van der Waals surface area (Å²) in [4.78, 5) is 4.33. The molecule has 2 rings (SSSR count). The number of aliphatic imine (C=N–C) groups is 1. The summed E-state index contributed by atoms with van der Waals surface area (Å²) >= 11 is 0. The quantitative estimate of drug-likeness (QED) is 0.789. The second-order valence-electron chi connectivity index (χ2n) is 3.39. The second kappa shape index (κ2) is 4.75. The number of nitrogens with two attached hydrogens (primary N) is 1. The molecule has 1 aromatic rings. The van der Waals surface area contributed by atoms with Crippen molar-refractivity contribution in [1.29, 1.82) is 0 Å². The second-order valence-corrected chi connectivity index (χ2v) is 3.39. The molecule has 15 heavy (non-hydrogen) atoms. The highest BCUT2D eigenvalue weighted by Gasteiger charge is 2.03. The topological polar surface area (TPSA) is 47.6 Å². The largest absolute Gasteiger partial charge is 0.398 e. The van der Waals surface area contributed by atoms with Crippen LogP contribution in [0.3, 0.4) is 0 Å². The molecule has 0 atom stereocenters. The minimum absolute atomic E-state index is 0.563. The molecule has 0 amide bonds. The molecule has 0 saturated carbocycles. The molecule has 1 aliphatic rings. The van der Waals surface area contributed by atoms with Gasteiger partial charge >= 0.3 is 0 Å². The lowest BCUT2D eigenvalue weighted by molar-refractivity contribution is 0.171. The van der Waals surface area contributed by atoms with E-state index in [2.05, 4.69) is 4.99 Å². The van der Waals surface area contributed by atoms with E-state index in [9.17, 15) is 0 Å². The Bertz CT molecular complexity index is 382. The maximum absolute atomic E-state index is 5.95. The van der Waals surface area contributed by atoms with Crippen molar-refractivity contribution in [2.24, 2.45) is 10.7 Å². The minimum atomic E-state index is 0.563. The average molecular weight is 202 g/mol. The first-order valence-electron chi connectivity index (χ1n) is 5.00. The van der Waals surface area contributed by atoms with Gasteiger partial charge in [-0.2, -0.15) is 0 Å². The van der Waals surface area contributed by atoms with Gasteiger partial charge in [0.2, 0.25) is 0 Å². The Morgan fingerprint density at radius 3 is 2.80 bits per heavy atom. The number of rotatable bonds is 2. The molecule has 3 nitrogen and oxygen atoms in total. The van der Waals surface area contributed by atoms with Crippen LogP contribution < -0.4 is 5.73 Å². The summed E-state index contributed by atoms with van der Waals surface area (Å²) in [6, 6.07) is 9.87.